The van der Waals surface area contributed by atoms with Crippen molar-refractivity contribution < 1.29 is 24.8 Å². The van der Waals surface area contributed by atoms with Crippen LogP contribution in [0.4, 0.5) is 0 Å². The average molecular weight is 435 g/mol. The Bertz CT molecular complexity index is 676. The van der Waals surface area contributed by atoms with E-state index in [9.17, 15) is 15.3 Å². The largest absolute Gasteiger partial charge is 0.488 e. The van der Waals surface area contributed by atoms with Gasteiger partial charge in [0.1, 0.15) is 12.4 Å². The highest BCUT2D eigenvalue weighted by Crippen LogP contribution is 2.48. The highest BCUT2D eigenvalue weighted by atomic mass is 16.6. The van der Waals surface area contributed by atoms with Crippen LogP contribution < -0.4 is 4.74 Å². The monoisotopic (exact) mass is 434 g/mol. The van der Waals surface area contributed by atoms with Crippen LogP contribution in [0.5, 0.6) is 5.75 Å². The molecule has 0 radical (unpaired) electrons. The second kappa shape index (κ2) is 11.6. The highest BCUT2D eigenvalue weighted by molar-refractivity contribution is 5.43. The van der Waals surface area contributed by atoms with Gasteiger partial charge in [0.05, 0.1) is 18.3 Å². The molecule has 6 atom stereocenters. The summed E-state index contributed by atoms with van der Waals surface area (Å²) in [6.07, 6.45) is 7.18. The summed E-state index contributed by atoms with van der Waals surface area (Å²) in [5.41, 5.74) is 2.51. The molecule has 0 aliphatic heterocycles. The van der Waals surface area contributed by atoms with Crippen molar-refractivity contribution in [3.63, 3.8) is 0 Å². The normalized spacial score (nSPS) is 27.1. The zero-order valence-electron chi connectivity index (χ0n) is 19.5. The number of benzene rings is 1. The minimum absolute atomic E-state index is 0.0499. The Morgan fingerprint density at radius 2 is 1.90 bits per heavy atom. The Balaban J connectivity index is 1.59. The molecule has 1 aromatic carbocycles. The van der Waals surface area contributed by atoms with Gasteiger partial charge in [0.2, 0.25) is 0 Å². The van der Waals surface area contributed by atoms with Crippen LogP contribution in [0, 0.1) is 17.8 Å². The molecule has 0 amide bonds. The van der Waals surface area contributed by atoms with Crippen LogP contribution in [0.25, 0.3) is 0 Å². The van der Waals surface area contributed by atoms with E-state index in [1.165, 1.54) is 24.0 Å². The van der Waals surface area contributed by atoms with Crippen molar-refractivity contribution in [1.29, 1.82) is 0 Å². The Morgan fingerprint density at radius 1 is 1.10 bits per heavy atom. The number of ether oxygens (including phenoxy) is 2. The first-order chi connectivity index (χ1) is 14.9. The molecule has 2 aliphatic rings. The van der Waals surface area contributed by atoms with Crippen molar-refractivity contribution in [3.05, 3.63) is 29.3 Å². The zero-order chi connectivity index (χ0) is 22.4. The van der Waals surface area contributed by atoms with Crippen molar-refractivity contribution in [3.8, 4) is 5.75 Å². The van der Waals surface area contributed by atoms with Crippen molar-refractivity contribution in [1.82, 2.24) is 0 Å². The Hall–Kier alpha value is -1.14. The topological polar surface area (TPSA) is 79.2 Å². The molecule has 1 saturated carbocycles. The summed E-state index contributed by atoms with van der Waals surface area (Å²) < 4.78 is 11.3. The van der Waals surface area contributed by atoms with Crippen LogP contribution in [0.2, 0.25) is 0 Å². The number of hydrogen-bond acceptors (Lipinski definition) is 5. The molecular formula is C26H42O5. The van der Waals surface area contributed by atoms with Crippen LogP contribution >= 0.6 is 0 Å². The lowest BCUT2D eigenvalue weighted by atomic mass is 9.73. The van der Waals surface area contributed by atoms with Crippen LogP contribution in [0.15, 0.2) is 18.2 Å². The van der Waals surface area contributed by atoms with Gasteiger partial charge in [-0.25, -0.2) is 0 Å². The van der Waals surface area contributed by atoms with Crippen molar-refractivity contribution >= 4 is 0 Å². The van der Waals surface area contributed by atoms with E-state index in [0.29, 0.717) is 11.8 Å². The van der Waals surface area contributed by atoms with Gasteiger partial charge in [-0.3, -0.25) is 0 Å². The third-order valence-electron chi connectivity index (χ3n) is 7.13. The number of hydrogen-bond donors (Lipinski definition) is 3. The standard InChI is InChI=1S/C26H42O5/c1-4-5-6-9-20(27)11-12-21-22-13-18-8-7-10-25(30-16-26(29)31-17(2)3)23(18)14-19(22)15-24(21)28/h7-8,10,17,19-22,24,26-29H,4-6,9,11-16H2,1-3H3/t19-,20+,21?,22-,24+,26?/m0/s1. The quantitative estimate of drug-likeness (QED) is 0.339. The molecule has 0 saturated heterocycles. The predicted molar refractivity (Wildman–Crippen MR) is 122 cm³/mol. The van der Waals surface area contributed by atoms with Gasteiger partial charge in [-0.05, 0) is 87.3 Å². The number of rotatable bonds is 12. The molecule has 1 aromatic rings. The van der Waals surface area contributed by atoms with Gasteiger partial charge in [-0.2, -0.15) is 0 Å². The summed E-state index contributed by atoms with van der Waals surface area (Å²) in [6, 6.07) is 6.15. The Kier molecular flexibility index (Phi) is 9.20. The van der Waals surface area contributed by atoms with E-state index < -0.39 is 6.29 Å². The average Bonchev–Trinajstić information content (AvgIpc) is 3.02. The van der Waals surface area contributed by atoms with E-state index in [1.54, 1.807) is 0 Å². The van der Waals surface area contributed by atoms with Crippen molar-refractivity contribution in [2.24, 2.45) is 17.8 Å². The smallest absolute Gasteiger partial charge is 0.189 e. The summed E-state index contributed by atoms with van der Waals surface area (Å²) in [4.78, 5) is 0. The molecule has 0 aromatic heterocycles. The summed E-state index contributed by atoms with van der Waals surface area (Å²) in [5, 5.41) is 31.1. The molecule has 2 aliphatic carbocycles. The second-order valence-corrected chi connectivity index (χ2v) is 9.87. The van der Waals surface area contributed by atoms with Gasteiger partial charge in [0.25, 0.3) is 0 Å². The molecule has 31 heavy (non-hydrogen) atoms. The molecule has 0 heterocycles. The Morgan fingerprint density at radius 3 is 2.65 bits per heavy atom. The molecule has 5 heteroatoms. The molecule has 5 nitrogen and oxygen atoms in total. The van der Waals surface area contributed by atoms with E-state index in [0.717, 1.165) is 50.7 Å². The number of aliphatic hydroxyl groups is 3. The van der Waals surface area contributed by atoms with Crippen LogP contribution in [-0.2, 0) is 17.6 Å². The molecule has 0 bridgehead atoms. The van der Waals surface area contributed by atoms with E-state index in [2.05, 4.69) is 13.0 Å². The Labute approximate surface area is 187 Å². The molecule has 3 rings (SSSR count). The number of unbranched alkanes of at least 4 members (excludes halogenated alkanes) is 2. The first kappa shape index (κ1) is 24.5. The SMILES string of the molecule is CCCCC[C@@H](O)CCC1[C@H](O)C[C@@H]2Cc3c(cccc3OCC(O)OC(C)C)C[C@H]12. The fraction of sp³-hybridized carbons (Fsp3) is 0.769. The molecule has 1 fully saturated rings. The maximum Gasteiger partial charge on any atom is 0.189 e. The van der Waals surface area contributed by atoms with E-state index >= 15 is 0 Å². The van der Waals surface area contributed by atoms with E-state index in [1.807, 2.05) is 26.0 Å². The second-order valence-electron chi connectivity index (χ2n) is 9.87. The lowest BCUT2D eigenvalue weighted by Gasteiger charge is -2.32. The van der Waals surface area contributed by atoms with E-state index in [4.69, 9.17) is 9.47 Å². The molecule has 3 N–H and O–H groups in total. The minimum Gasteiger partial charge on any atom is -0.488 e. The highest BCUT2D eigenvalue weighted by Gasteiger charge is 2.44. The zero-order valence-corrected chi connectivity index (χ0v) is 19.5. The maximum absolute atomic E-state index is 10.8. The maximum atomic E-state index is 10.8. The number of fused-ring (bicyclic) bond motifs is 2. The van der Waals surface area contributed by atoms with Gasteiger partial charge in [0, 0.05) is 0 Å². The third-order valence-corrected chi connectivity index (χ3v) is 7.13. The minimum atomic E-state index is -0.936. The molecule has 2 unspecified atom stereocenters. The van der Waals surface area contributed by atoms with Crippen LogP contribution in [-0.4, -0.2) is 46.5 Å². The van der Waals surface area contributed by atoms with Crippen molar-refractivity contribution in [2.75, 3.05) is 6.61 Å². The first-order valence-corrected chi connectivity index (χ1v) is 12.3. The molecule has 0 spiro atoms. The predicted octanol–water partition coefficient (Wildman–Crippen LogP) is 4.24. The summed E-state index contributed by atoms with van der Waals surface area (Å²) in [6.45, 7) is 6.07. The van der Waals surface area contributed by atoms with Gasteiger partial charge in [-0.15, -0.1) is 0 Å². The fourth-order valence-electron chi connectivity index (χ4n) is 5.61. The molecular weight excluding hydrogens is 392 g/mol. The summed E-state index contributed by atoms with van der Waals surface area (Å²) >= 11 is 0. The van der Waals surface area contributed by atoms with Gasteiger partial charge < -0.3 is 24.8 Å². The van der Waals surface area contributed by atoms with Crippen molar-refractivity contribution in [2.45, 2.75) is 103 Å². The molecule has 176 valence electrons. The summed E-state index contributed by atoms with van der Waals surface area (Å²) in [5.74, 6) is 2.01. The van der Waals surface area contributed by atoms with Crippen LogP contribution in [0.3, 0.4) is 0 Å². The number of aliphatic hydroxyl groups excluding tert-OH is 3. The lowest BCUT2D eigenvalue weighted by Crippen LogP contribution is -2.28. The fourth-order valence-corrected chi connectivity index (χ4v) is 5.61. The van der Waals surface area contributed by atoms with Gasteiger partial charge in [-0.1, -0.05) is 38.3 Å². The lowest BCUT2D eigenvalue weighted by molar-refractivity contribution is -0.142. The van der Waals surface area contributed by atoms with Crippen LogP contribution in [0.1, 0.15) is 76.8 Å². The third kappa shape index (κ3) is 6.67. The first-order valence-electron chi connectivity index (χ1n) is 12.3. The summed E-state index contributed by atoms with van der Waals surface area (Å²) in [7, 11) is 0. The van der Waals surface area contributed by atoms with Gasteiger partial charge >= 0.3 is 0 Å². The van der Waals surface area contributed by atoms with Gasteiger partial charge in [0.15, 0.2) is 6.29 Å². The van der Waals surface area contributed by atoms with E-state index in [-0.39, 0.29) is 30.8 Å².